The average Bonchev–Trinajstić information content (AvgIpc) is 2.40. The maximum absolute atomic E-state index is 6.30. The van der Waals surface area contributed by atoms with Gasteiger partial charge in [0.15, 0.2) is 0 Å². The Bertz CT molecular complexity index is 229. The Hall–Kier alpha value is -0.120. The van der Waals surface area contributed by atoms with E-state index in [2.05, 4.69) is 30.6 Å². The van der Waals surface area contributed by atoms with Crippen molar-refractivity contribution in [3.8, 4) is 0 Å². The molecule has 2 aliphatic heterocycles. The highest BCUT2D eigenvalue weighted by Gasteiger charge is 2.25. The van der Waals surface area contributed by atoms with Gasteiger partial charge in [0, 0.05) is 32.2 Å². The third kappa shape index (κ3) is 3.94. The average molecular weight is 254 g/mol. The molecule has 0 aromatic rings. The number of hydrogen-bond acceptors (Lipinski definition) is 3. The maximum Gasteiger partial charge on any atom is 0.0603 e. The van der Waals surface area contributed by atoms with Gasteiger partial charge in [0.1, 0.15) is 0 Å². The van der Waals surface area contributed by atoms with Crippen LogP contribution < -0.4 is 0 Å². The standard InChI is InChI=1S/C15H30N2O/c1-4-16-9-5-14(6-10-16)18-15-7-11-17(12-8-15)13(2)3/h13-15H,4-12H2,1-3H3. The van der Waals surface area contributed by atoms with Crippen molar-refractivity contribution in [2.45, 2.75) is 64.7 Å². The molecule has 0 atom stereocenters. The Balaban J connectivity index is 1.66. The van der Waals surface area contributed by atoms with E-state index < -0.39 is 0 Å². The first kappa shape index (κ1) is 14.3. The van der Waals surface area contributed by atoms with Crippen LogP contribution in [0.4, 0.5) is 0 Å². The van der Waals surface area contributed by atoms with Crippen LogP contribution >= 0.6 is 0 Å². The molecule has 0 unspecified atom stereocenters. The molecule has 0 N–H and O–H groups in total. The molecular formula is C15H30N2O. The molecule has 0 aromatic heterocycles. The Labute approximate surface area is 112 Å². The summed E-state index contributed by atoms with van der Waals surface area (Å²) in [5, 5.41) is 0. The summed E-state index contributed by atoms with van der Waals surface area (Å²) in [5.74, 6) is 0. The van der Waals surface area contributed by atoms with Crippen molar-refractivity contribution in [1.82, 2.24) is 9.80 Å². The van der Waals surface area contributed by atoms with Crippen molar-refractivity contribution in [2.24, 2.45) is 0 Å². The SMILES string of the molecule is CCN1CCC(OC2CCN(C(C)C)CC2)CC1. The van der Waals surface area contributed by atoms with Crippen LogP contribution in [0.15, 0.2) is 0 Å². The summed E-state index contributed by atoms with van der Waals surface area (Å²) in [7, 11) is 0. The Morgan fingerprint density at radius 1 is 0.944 bits per heavy atom. The zero-order valence-electron chi connectivity index (χ0n) is 12.4. The highest BCUT2D eigenvalue weighted by atomic mass is 16.5. The fourth-order valence-corrected chi connectivity index (χ4v) is 3.16. The van der Waals surface area contributed by atoms with Gasteiger partial charge in [-0.25, -0.2) is 0 Å². The topological polar surface area (TPSA) is 15.7 Å². The van der Waals surface area contributed by atoms with Crippen molar-refractivity contribution < 1.29 is 4.74 Å². The molecule has 3 heteroatoms. The number of hydrogen-bond donors (Lipinski definition) is 0. The highest BCUT2D eigenvalue weighted by Crippen LogP contribution is 2.21. The summed E-state index contributed by atoms with van der Waals surface area (Å²) >= 11 is 0. The maximum atomic E-state index is 6.30. The third-order valence-electron chi connectivity index (χ3n) is 4.57. The van der Waals surface area contributed by atoms with Crippen molar-refractivity contribution in [2.75, 3.05) is 32.7 Å². The van der Waals surface area contributed by atoms with Gasteiger partial charge in [0.2, 0.25) is 0 Å². The van der Waals surface area contributed by atoms with E-state index in [1.54, 1.807) is 0 Å². The highest BCUT2D eigenvalue weighted by molar-refractivity contribution is 4.78. The fourth-order valence-electron chi connectivity index (χ4n) is 3.16. The number of nitrogens with zero attached hydrogens (tertiary/aromatic N) is 2. The minimum Gasteiger partial charge on any atom is -0.375 e. The lowest BCUT2D eigenvalue weighted by molar-refractivity contribution is -0.0670. The molecule has 0 aliphatic carbocycles. The first-order chi connectivity index (χ1) is 8.69. The zero-order valence-corrected chi connectivity index (χ0v) is 12.4. The molecular weight excluding hydrogens is 224 g/mol. The van der Waals surface area contributed by atoms with Gasteiger partial charge < -0.3 is 14.5 Å². The van der Waals surface area contributed by atoms with Crippen LogP contribution in [0.5, 0.6) is 0 Å². The molecule has 2 rings (SSSR count). The molecule has 2 aliphatic rings. The predicted octanol–water partition coefficient (Wildman–Crippen LogP) is 2.36. The Morgan fingerprint density at radius 2 is 1.44 bits per heavy atom. The van der Waals surface area contributed by atoms with Gasteiger partial charge in [0.25, 0.3) is 0 Å². The number of rotatable bonds is 4. The van der Waals surface area contributed by atoms with Crippen LogP contribution in [-0.4, -0.2) is 60.8 Å². The quantitative estimate of drug-likeness (QED) is 0.766. The summed E-state index contributed by atoms with van der Waals surface area (Å²) in [5.41, 5.74) is 0. The van der Waals surface area contributed by atoms with Gasteiger partial charge in [-0.3, -0.25) is 0 Å². The fraction of sp³-hybridized carbons (Fsp3) is 1.00. The predicted molar refractivity (Wildman–Crippen MR) is 76.0 cm³/mol. The second-order valence-electron chi connectivity index (χ2n) is 6.10. The molecule has 0 bridgehead atoms. The van der Waals surface area contributed by atoms with Gasteiger partial charge in [-0.15, -0.1) is 0 Å². The van der Waals surface area contributed by atoms with Crippen LogP contribution in [0.25, 0.3) is 0 Å². The normalized spacial score (nSPS) is 26.0. The Kier molecular flexibility index (Phi) is 5.46. The third-order valence-corrected chi connectivity index (χ3v) is 4.57. The van der Waals surface area contributed by atoms with Crippen molar-refractivity contribution >= 4 is 0 Å². The molecule has 0 aromatic carbocycles. The van der Waals surface area contributed by atoms with E-state index >= 15 is 0 Å². The van der Waals surface area contributed by atoms with Crippen LogP contribution in [0, 0.1) is 0 Å². The van der Waals surface area contributed by atoms with Crippen LogP contribution in [-0.2, 0) is 4.74 Å². The molecule has 2 saturated heterocycles. The number of ether oxygens (including phenoxy) is 1. The summed E-state index contributed by atoms with van der Waals surface area (Å²) in [6, 6.07) is 0.693. The van der Waals surface area contributed by atoms with Crippen molar-refractivity contribution in [3.63, 3.8) is 0 Å². The largest absolute Gasteiger partial charge is 0.375 e. The molecule has 0 amide bonds. The van der Waals surface area contributed by atoms with Crippen LogP contribution in [0.2, 0.25) is 0 Å². The molecule has 106 valence electrons. The van der Waals surface area contributed by atoms with E-state index in [0.29, 0.717) is 18.2 Å². The summed E-state index contributed by atoms with van der Waals surface area (Å²) < 4.78 is 6.30. The summed E-state index contributed by atoms with van der Waals surface area (Å²) in [6.45, 7) is 12.9. The Morgan fingerprint density at radius 3 is 1.89 bits per heavy atom. The lowest BCUT2D eigenvalue weighted by Gasteiger charge is -2.38. The van der Waals surface area contributed by atoms with Gasteiger partial charge >= 0.3 is 0 Å². The van der Waals surface area contributed by atoms with Gasteiger partial charge in [-0.05, 0) is 46.1 Å². The lowest BCUT2D eigenvalue weighted by Crippen LogP contribution is -2.43. The van der Waals surface area contributed by atoms with E-state index in [1.807, 2.05) is 0 Å². The molecule has 18 heavy (non-hydrogen) atoms. The second kappa shape index (κ2) is 6.88. The van der Waals surface area contributed by atoms with Gasteiger partial charge in [-0.2, -0.15) is 0 Å². The molecule has 2 heterocycles. The number of piperidine rings is 2. The first-order valence-electron chi connectivity index (χ1n) is 7.81. The monoisotopic (exact) mass is 254 g/mol. The first-order valence-corrected chi connectivity index (χ1v) is 7.81. The summed E-state index contributed by atoms with van der Waals surface area (Å²) in [6.07, 6.45) is 5.98. The zero-order chi connectivity index (χ0) is 13.0. The van der Waals surface area contributed by atoms with E-state index in [-0.39, 0.29) is 0 Å². The molecule has 3 nitrogen and oxygen atoms in total. The molecule has 0 radical (unpaired) electrons. The lowest BCUT2D eigenvalue weighted by atomic mass is 10.0. The van der Waals surface area contributed by atoms with Gasteiger partial charge in [-0.1, -0.05) is 6.92 Å². The minimum atomic E-state index is 0.526. The summed E-state index contributed by atoms with van der Waals surface area (Å²) in [4.78, 5) is 5.10. The van der Waals surface area contributed by atoms with Crippen LogP contribution in [0.1, 0.15) is 46.5 Å². The number of likely N-dealkylation sites (tertiary alicyclic amines) is 2. The molecule has 0 spiro atoms. The minimum absolute atomic E-state index is 0.526. The van der Waals surface area contributed by atoms with E-state index in [1.165, 1.54) is 58.4 Å². The smallest absolute Gasteiger partial charge is 0.0603 e. The van der Waals surface area contributed by atoms with E-state index in [4.69, 9.17) is 4.74 Å². The van der Waals surface area contributed by atoms with Crippen molar-refractivity contribution in [3.05, 3.63) is 0 Å². The molecule has 0 saturated carbocycles. The van der Waals surface area contributed by atoms with Crippen LogP contribution in [0.3, 0.4) is 0 Å². The molecule has 2 fully saturated rings. The van der Waals surface area contributed by atoms with Crippen molar-refractivity contribution in [1.29, 1.82) is 0 Å². The van der Waals surface area contributed by atoms with Gasteiger partial charge in [0.05, 0.1) is 12.2 Å². The van der Waals surface area contributed by atoms with E-state index in [9.17, 15) is 0 Å². The van der Waals surface area contributed by atoms with E-state index in [0.717, 1.165) is 0 Å². The second-order valence-corrected chi connectivity index (χ2v) is 6.10.